The van der Waals surface area contributed by atoms with Crippen LogP contribution in [-0.2, 0) is 11.3 Å². The summed E-state index contributed by atoms with van der Waals surface area (Å²) in [6, 6.07) is 4.05. The van der Waals surface area contributed by atoms with Gasteiger partial charge in [-0.05, 0) is 45.0 Å². The van der Waals surface area contributed by atoms with Crippen LogP contribution in [0.3, 0.4) is 0 Å². The van der Waals surface area contributed by atoms with Crippen molar-refractivity contribution in [2.45, 2.75) is 32.4 Å². The fourth-order valence-corrected chi connectivity index (χ4v) is 3.72. The standard InChI is InChI=1S/C17H23N3O3S/c1-12-5-6-15(23-12)14(20-7-3-4-8-20)9-18-17(21)13-11-24-16(19-13)10-22-2/h5-6,11,14H,3-4,7-10H2,1-2H3,(H,18,21). The van der Waals surface area contributed by atoms with E-state index in [4.69, 9.17) is 9.15 Å². The molecule has 2 aromatic heterocycles. The van der Waals surface area contributed by atoms with Crippen LogP contribution < -0.4 is 5.32 Å². The third-order valence-electron chi connectivity index (χ3n) is 4.18. The van der Waals surface area contributed by atoms with Gasteiger partial charge in [0.1, 0.15) is 22.2 Å². The van der Waals surface area contributed by atoms with E-state index in [-0.39, 0.29) is 11.9 Å². The third kappa shape index (κ3) is 4.03. The zero-order valence-electron chi connectivity index (χ0n) is 14.1. The summed E-state index contributed by atoms with van der Waals surface area (Å²) >= 11 is 1.44. The molecule has 0 aromatic carbocycles. The molecule has 3 rings (SSSR count). The van der Waals surface area contributed by atoms with Crippen LogP contribution in [0.4, 0.5) is 0 Å². The fraction of sp³-hybridized carbons (Fsp3) is 0.529. The van der Waals surface area contributed by atoms with Crippen molar-refractivity contribution in [3.05, 3.63) is 39.7 Å². The van der Waals surface area contributed by atoms with Gasteiger partial charge in [0, 0.05) is 19.0 Å². The Labute approximate surface area is 145 Å². The highest BCUT2D eigenvalue weighted by atomic mass is 32.1. The van der Waals surface area contributed by atoms with E-state index in [2.05, 4.69) is 15.2 Å². The van der Waals surface area contributed by atoms with Gasteiger partial charge in [-0.2, -0.15) is 0 Å². The van der Waals surface area contributed by atoms with Gasteiger partial charge in [0.25, 0.3) is 5.91 Å². The van der Waals surface area contributed by atoms with Crippen molar-refractivity contribution >= 4 is 17.2 Å². The summed E-state index contributed by atoms with van der Waals surface area (Å²) in [5.41, 5.74) is 0.447. The number of rotatable bonds is 7. The number of hydrogen-bond donors (Lipinski definition) is 1. The lowest BCUT2D eigenvalue weighted by Crippen LogP contribution is -2.36. The Hall–Kier alpha value is -1.70. The van der Waals surface area contributed by atoms with Crippen LogP contribution in [0.5, 0.6) is 0 Å². The second-order valence-electron chi connectivity index (χ2n) is 5.98. The van der Waals surface area contributed by atoms with Crippen molar-refractivity contribution in [2.24, 2.45) is 0 Å². The van der Waals surface area contributed by atoms with Gasteiger partial charge >= 0.3 is 0 Å². The monoisotopic (exact) mass is 349 g/mol. The molecular formula is C17H23N3O3S. The number of likely N-dealkylation sites (tertiary alicyclic amines) is 1. The largest absolute Gasteiger partial charge is 0.465 e. The minimum Gasteiger partial charge on any atom is -0.465 e. The molecular weight excluding hydrogens is 326 g/mol. The summed E-state index contributed by atoms with van der Waals surface area (Å²) in [4.78, 5) is 19.0. The molecule has 0 spiro atoms. The van der Waals surface area contributed by atoms with E-state index in [9.17, 15) is 4.79 Å². The molecule has 1 atom stereocenters. The molecule has 0 bridgehead atoms. The van der Waals surface area contributed by atoms with E-state index >= 15 is 0 Å². The Balaban J connectivity index is 1.65. The lowest BCUT2D eigenvalue weighted by atomic mass is 10.2. The highest BCUT2D eigenvalue weighted by Crippen LogP contribution is 2.26. The third-order valence-corrected chi connectivity index (χ3v) is 5.00. The van der Waals surface area contributed by atoms with E-state index in [1.807, 2.05) is 19.1 Å². The number of hydrogen-bond acceptors (Lipinski definition) is 6. The summed E-state index contributed by atoms with van der Waals surface area (Å²) in [7, 11) is 1.62. The van der Waals surface area contributed by atoms with Crippen LogP contribution in [0.15, 0.2) is 21.9 Å². The molecule has 1 aliphatic rings. The summed E-state index contributed by atoms with van der Waals surface area (Å²) in [6.45, 7) is 4.96. The predicted octanol–water partition coefficient (Wildman–Crippen LogP) is 2.76. The molecule has 1 saturated heterocycles. The Kier molecular flexibility index (Phi) is 5.65. The number of aromatic nitrogens is 1. The number of nitrogens with zero attached hydrogens (tertiary/aromatic N) is 2. The van der Waals surface area contributed by atoms with E-state index in [1.165, 1.54) is 24.2 Å². The van der Waals surface area contributed by atoms with Gasteiger partial charge in [-0.15, -0.1) is 11.3 Å². The average molecular weight is 349 g/mol. The van der Waals surface area contributed by atoms with Gasteiger partial charge in [-0.3, -0.25) is 9.69 Å². The zero-order chi connectivity index (χ0) is 16.9. The lowest BCUT2D eigenvalue weighted by molar-refractivity contribution is 0.0928. The van der Waals surface area contributed by atoms with E-state index in [1.54, 1.807) is 12.5 Å². The van der Waals surface area contributed by atoms with Gasteiger partial charge in [0.2, 0.25) is 0 Å². The molecule has 0 radical (unpaired) electrons. The van der Waals surface area contributed by atoms with Crippen molar-refractivity contribution in [3.8, 4) is 0 Å². The van der Waals surface area contributed by atoms with Crippen LogP contribution >= 0.6 is 11.3 Å². The Morgan fingerprint density at radius 3 is 2.92 bits per heavy atom. The molecule has 1 aliphatic heterocycles. The van der Waals surface area contributed by atoms with Crippen molar-refractivity contribution < 1.29 is 13.9 Å². The van der Waals surface area contributed by atoms with Crippen molar-refractivity contribution in [1.29, 1.82) is 0 Å². The minimum absolute atomic E-state index is 0.0715. The van der Waals surface area contributed by atoms with E-state index in [0.29, 0.717) is 18.8 Å². The number of carbonyl (C=O) groups excluding carboxylic acids is 1. The molecule has 130 valence electrons. The quantitative estimate of drug-likeness (QED) is 0.832. The molecule has 24 heavy (non-hydrogen) atoms. The van der Waals surface area contributed by atoms with Crippen molar-refractivity contribution in [2.75, 3.05) is 26.7 Å². The zero-order valence-corrected chi connectivity index (χ0v) is 14.9. The SMILES string of the molecule is COCc1nc(C(=O)NCC(c2ccc(C)o2)N2CCCC2)cs1. The lowest BCUT2D eigenvalue weighted by Gasteiger charge is -2.25. The Morgan fingerprint density at radius 1 is 1.46 bits per heavy atom. The molecule has 1 N–H and O–H groups in total. The van der Waals surface area contributed by atoms with E-state index < -0.39 is 0 Å². The number of carbonyl (C=O) groups is 1. The molecule has 0 aliphatic carbocycles. The second-order valence-corrected chi connectivity index (χ2v) is 6.92. The van der Waals surface area contributed by atoms with Gasteiger partial charge in [-0.25, -0.2) is 4.98 Å². The molecule has 3 heterocycles. The highest BCUT2D eigenvalue weighted by Gasteiger charge is 2.26. The summed E-state index contributed by atoms with van der Waals surface area (Å²) in [5, 5.41) is 5.58. The minimum atomic E-state index is -0.152. The van der Waals surface area contributed by atoms with Crippen LogP contribution in [0.1, 0.15) is 45.9 Å². The number of aryl methyl sites for hydroxylation is 1. The first-order valence-corrected chi connectivity index (χ1v) is 9.07. The number of ether oxygens (including phenoxy) is 1. The van der Waals surface area contributed by atoms with Crippen LogP contribution in [0.25, 0.3) is 0 Å². The van der Waals surface area contributed by atoms with E-state index in [0.717, 1.165) is 29.6 Å². The first kappa shape index (κ1) is 17.1. The molecule has 7 heteroatoms. The number of nitrogens with one attached hydrogen (secondary N) is 1. The molecule has 1 unspecified atom stereocenters. The number of amides is 1. The van der Waals surface area contributed by atoms with Crippen LogP contribution in [0.2, 0.25) is 0 Å². The van der Waals surface area contributed by atoms with Crippen molar-refractivity contribution in [1.82, 2.24) is 15.2 Å². The second kappa shape index (κ2) is 7.92. The van der Waals surface area contributed by atoms with Gasteiger partial charge in [0.05, 0.1) is 12.6 Å². The number of thiazole rings is 1. The molecule has 0 saturated carbocycles. The Bertz CT molecular complexity index is 676. The van der Waals surface area contributed by atoms with Crippen LogP contribution in [-0.4, -0.2) is 42.5 Å². The molecule has 1 amide bonds. The van der Waals surface area contributed by atoms with Gasteiger partial charge in [-0.1, -0.05) is 0 Å². The average Bonchev–Trinajstić information content (AvgIpc) is 3.30. The normalized spacial score (nSPS) is 16.4. The predicted molar refractivity (Wildman–Crippen MR) is 92.2 cm³/mol. The highest BCUT2D eigenvalue weighted by molar-refractivity contribution is 7.09. The summed E-state index contributed by atoms with van der Waals surface area (Å²) in [6.07, 6.45) is 2.38. The summed E-state index contributed by atoms with van der Waals surface area (Å²) in [5.74, 6) is 1.65. The molecule has 6 nitrogen and oxygen atoms in total. The van der Waals surface area contributed by atoms with Crippen LogP contribution in [0, 0.1) is 6.92 Å². The molecule has 1 fully saturated rings. The maximum atomic E-state index is 12.4. The Morgan fingerprint density at radius 2 is 2.25 bits per heavy atom. The number of furan rings is 1. The smallest absolute Gasteiger partial charge is 0.270 e. The first-order chi connectivity index (χ1) is 11.7. The van der Waals surface area contributed by atoms with Crippen molar-refractivity contribution in [3.63, 3.8) is 0 Å². The fourth-order valence-electron chi connectivity index (χ4n) is 2.98. The first-order valence-electron chi connectivity index (χ1n) is 8.19. The number of methoxy groups -OCH3 is 1. The summed E-state index contributed by atoms with van der Waals surface area (Å²) < 4.78 is 10.9. The van der Waals surface area contributed by atoms with Gasteiger partial charge in [0.15, 0.2) is 0 Å². The maximum Gasteiger partial charge on any atom is 0.270 e. The molecule has 2 aromatic rings. The van der Waals surface area contributed by atoms with Gasteiger partial charge < -0.3 is 14.5 Å². The maximum absolute atomic E-state index is 12.4. The topological polar surface area (TPSA) is 67.6 Å².